The Balaban J connectivity index is 1.53. The van der Waals surface area contributed by atoms with Crippen molar-refractivity contribution in [3.8, 4) is 0 Å². The summed E-state index contributed by atoms with van der Waals surface area (Å²) >= 11 is 8.55. The van der Waals surface area contributed by atoms with Gasteiger partial charge in [0.1, 0.15) is 10.5 Å². The smallest absolute Gasteiger partial charge is 0.272 e. The van der Waals surface area contributed by atoms with Crippen molar-refractivity contribution in [1.29, 1.82) is 0 Å². The van der Waals surface area contributed by atoms with Gasteiger partial charge in [-0.1, -0.05) is 59.8 Å². The van der Waals surface area contributed by atoms with E-state index in [1.165, 1.54) is 22.0 Å². The molecule has 0 spiro atoms. The maximum Gasteiger partial charge on any atom is 0.272 e. The minimum absolute atomic E-state index is 0.0376. The van der Waals surface area contributed by atoms with Crippen molar-refractivity contribution in [1.82, 2.24) is 14.9 Å². The van der Waals surface area contributed by atoms with Gasteiger partial charge < -0.3 is 5.32 Å². The fourth-order valence-electron chi connectivity index (χ4n) is 2.99. The van der Waals surface area contributed by atoms with E-state index in [0.717, 1.165) is 17.3 Å². The second-order valence-electron chi connectivity index (χ2n) is 6.67. The van der Waals surface area contributed by atoms with Gasteiger partial charge in [-0.05, 0) is 29.1 Å². The van der Waals surface area contributed by atoms with Crippen LogP contribution in [0.3, 0.4) is 0 Å². The van der Waals surface area contributed by atoms with Gasteiger partial charge in [0.15, 0.2) is 5.16 Å². The number of benzene rings is 2. The number of hydrogen-bond acceptors (Lipinski definition) is 5. The molecule has 1 amide bonds. The number of hydrogen-bond donors (Lipinski definition) is 1. The average Bonchev–Trinajstić information content (AvgIpc) is 3.24. The lowest BCUT2D eigenvalue weighted by Crippen LogP contribution is -2.27. The van der Waals surface area contributed by atoms with Gasteiger partial charge in [0.2, 0.25) is 5.91 Å². The highest BCUT2D eigenvalue weighted by atomic mass is 35.5. The summed E-state index contributed by atoms with van der Waals surface area (Å²) in [5, 5.41) is 5.56. The lowest BCUT2D eigenvalue weighted by molar-refractivity contribution is -0.118. The molecule has 5 nitrogen and oxygen atoms in total. The van der Waals surface area contributed by atoms with Crippen LogP contribution in [0.25, 0.3) is 10.2 Å². The molecular weight excluding hydrogens is 457 g/mol. The highest BCUT2D eigenvalue weighted by Gasteiger charge is 2.16. The average molecular weight is 474 g/mol. The van der Waals surface area contributed by atoms with E-state index in [4.69, 9.17) is 11.6 Å². The first kappa shape index (κ1) is 21.5. The summed E-state index contributed by atoms with van der Waals surface area (Å²) in [7, 11) is 0. The molecule has 0 atom stereocenters. The second-order valence-corrected chi connectivity index (χ2v) is 8.93. The Bertz CT molecular complexity index is 1310. The van der Waals surface area contributed by atoms with Gasteiger partial charge in [-0.2, -0.15) is 0 Å². The van der Waals surface area contributed by atoms with Gasteiger partial charge in [-0.25, -0.2) is 9.37 Å². The van der Waals surface area contributed by atoms with Gasteiger partial charge in [-0.3, -0.25) is 14.2 Å². The zero-order valence-electron chi connectivity index (χ0n) is 16.2. The number of nitrogens with one attached hydrogen (secondary N) is 1. The van der Waals surface area contributed by atoms with Crippen LogP contribution in [0.15, 0.2) is 69.9 Å². The Kier molecular flexibility index (Phi) is 6.70. The third kappa shape index (κ3) is 4.98. The Morgan fingerprint density at radius 2 is 1.87 bits per heavy atom. The summed E-state index contributed by atoms with van der Waals surface area (Å²) in [6, 6.07) is 15.3. The van der Waals surface area contributed by atoms with Crippen molar-refractivity contribution in [2.75, 3.05) is 5.75 Å². The van der Waals surface area contributed by atoms with Gasteiger partial charge in [-0.15, -0.1) is 11.3 Å². The highest BCUT2D eigenvalue weighted by Crippen LogP contribution is 2.22. The van der Waals surface area contributed by atoms with Gasteiger partial charge in [0.05, 0.1) is 17.8 Å². The maximum atomic E-state index is 14.2. The Hall–Kier alpha value is -2.68. The van der Waals surface area contributed by atoms with Crippen LogP contribution in [0.1, 0.15) is 11.1 Å². The van der Waals surface area contributed by atoms with Crippen LogP contribution < -0.4 is 10.9 Å². The van der Waals surface area contributed by atoms with Crippen molar-refractivity contribution in [3.63, 3.8) is 0 Å². The van der Waals surface area contributed by atoms with Gasteiger partial charge in [0.25, 0.3) is 5.56 Å². The van der Waals surface area contributed by atoms with Crippen LogP contribution >= 0.6 is 34.7 Å². The van der Waals surface area contributed by atoms with Crippen LogP contribution in [-0.4, -0.2) is 21.2 Å². The Morgan fingerprint density at radius 1 is 1.13 bits per heavy atom. The summed E-state index contributed by atoms with van der Waals surface area (Å²) < 4.78 is 16.1. The fourth-order valence-corrected chi connectivity index (χ4v) is 4.80. The molecule has 4 rings (SSSR count). The first-order valence-electron chi connectivity index (χ1n) is 9.37. The molecule has 0 fully saturated rings. The molecule has 0 aliphatic heterocycles. The first-order valence-corrected chi connectivity index (χ1v) is 11.6. The second kappa shape index (κ2) is 9.64. The normalized spacial score (nSPS) is 11.0. The van der Waals surface area contributed by atoms with E-state index >= 15 is 0 Å². The van der Waals surface area contributed by atoms with E-state index in [2.05, 4.69) is 10.3 Å². The molecule has 0 bridgehead atoms. The van der Waals surface area contributed by atoms with Crippen LogP contribution in [-0.2, 0) is 17.9 Å². The number of thiophene rings is 1. The predicted molar refractivity (Wildman–Crippen MR) is 123 cm³/mol. The van der Waals surface area contributed by atoms with Crippen LogP contribution in [0, 0.1) is 5.82 Å². The summed E-state index contributed by atoms with van der Waals surface area (Å²) in [6.45, 7) is 0.341. The minimum Gasteiger partial charge on any atom is -0.351 e. The molecule has 31 heavy (non-hydrogen) atoms. The standard InChI is InChI=1S/C22H17ClFN3O2S2/c23-16-7-3-1-5-14(16)11-25-19(28)13-31-22-26-18-9-10-30-20(18)21(29)27(22)12-15-6-2-4-8-17(15)24/h1-10H,11-13H2,(H,25,28). The zero-order valence-corrected chi connectivity index (χ0v) is 18.6. The molecule has 1 N–H and O–H groups in total. The highest BCUT2D eigenvalue weighted by molar-refractivity contribution is 7.99. The van der Waals surface area contributed by atoms with E-state index in [9.17, 15) is 14.0 Å². The molecule has 2 aromatic heterocycles. The topological polar surface area (TPSA) is 64.0 Å². The fraction of sp³-hybridized carbons (Fsp3) is 0.136. The largest absolute Gasteiger partial charge is 0.351 e. The van der Waals surface area contributed by atoms with E-state index in [1.54, 1.807) is 35.7 Å². The number of carbonyl (C=O) groups is 1. The van der Waals surface area contributed by atoms with Gasteiger partial charge >= 0.3 is 0 Å². The lowest BCUT2D eigenvalue weighted by atomic mass is 10.2. The lowest BCUT2D eigenvalue weighted by Gasteiger charge is -2.13. The van der Waals surface area contributed by atoms with Crippen molar-refractivity contribution in [2.24, 2.45) is 0 Å². The molecule has 0 unspecified atom stereocenters. The van der Waals surface area contributed by atoms with Crippen molar-refractivity contribution in [2.45, 2.75) is 18.2 Å². The number of aromatic nitrogens is 2. The monoisotopic (exact) mass is 473 g/mol. The number of fused-ring (bicyclic) bond motifs is 1. The first-order chi connectivity index (χ1) is 15.0. The minimum atomic E-state index is -0.394. The van der Waals surface area contributed by atoms with E-state index < -0.39 is 5.82 Å². The molecule has 4 aromatic rings. The SMILES string of the molecule is O=C(CSc1nc2ccsc2c(=O)n1Cc1ccccc1F)NCc1ccccc1Cl. The number of halogens is 2. The zero-order chi connectivity index (χ0) is 21.8. The molecular formula is C22H17ClFN3O2S2. The van der Waals surface area contributed by atoms with E-state index in [0.29, 0.717) is 32.5 Å². The number of carbonyl (C=O) groups excluding carboxylic acids is 1. The molecule has 0 saturated heterocycles. The third-order valence-corrected chi connectivity index (χ3v) is 6.82. The summed E-state index contributed by atoms with van der Waals surface area (Å²) in [4.78, 5) is 29.9. The number of nitrogens with zero attached hydrogens (tertiary/aromatic N) is 2. The molecule has 0 saturated carbocycles. The molecule has 9 heteroatoms. The van der Waals surface area contributed by atoms with E-state index in [-0.39, 0.29) is 23.8 Å². The summed E-state index contributed by atoms with van der Waals surface area (Å²) in [5.74, 6) is -0.555. The predicted octanol–water partition coefficient (Wildman–Crippen LogP) is 4.71. The third-order valence-electron chi connectivity index (χ3n) is 4.58. The van der Waals surface area contributed by atoms with Crippen LogP contribution in [0.5, 0.6) is 0 Å². The molecule has 0 aliphatic carbocycles. The molecule has 0 radical (unpaired) electrons. The summed E-state index contributed by atoms with van der Waals surface area (Å²) in [6.07, 6.45) is 0. The Morgan fingerprint density at radius 3 is 2.65 bits per heavy atom. The number of amides is 1. The quantitative estimate of drug-likeness (QED) is 0.312. The molecule has 2 heterocycles. The van der Waals surface area contributed by atoms with Crippen molar-refractivity contribution >= 4 is 50.8 Å². The summed E-state index contributed by atoms with van der Waals surface area (Å²) in [5.41, 5.74) is 1.52. The molecule has 158 valence electrons. The van der Waals surface area contributed by atoms with Crippen molar-refractivity contribution < 1.29 is 9.18 Å². The molecule has 0 aliphatic rings. The maximum absolute atomic E-state index is 14.2. The van der Waals surface area contributed by atoms with Gasteiger partial charge in [0, 0.05) is 17.1 Å². The Labute approximate surface area is 190 Å². The van der Waals surface area contributed by atoms with Crippen molar-refractivity contribution in [3.05, 3.63) is 92.3 Å². The van der Waals surface area contributed by atoms with Crippen LogP contribution in [0.2, 0.25) is 5.02 Å². The number of rotatable bonds is 7. The number of thioether (sulfide) groups is 1. The van der Waals surface area contributed by atoms with E-state index in [1.807, 2.05) is 18.2 Å². The van der Waals surface area contributed by atoms with Crippen LogP contribution in [0.4, 0.5) is 4.39 Å². The molecule has 2 aromatic carbocycles.